The van der Waals surface area contributed by atoms with Gasteiger partial charge in [0, 0.05) is 12.5 Å². The van der Waals surface area contributed by atoms with Crippen molar-refractivity contribution < 1.29 is 4.79 Å². The van der Waals surface area contributed by atoms with Gasteiger partial charge < -0.3 is 5.32 Å². The van der Waals surface area contributed by atoms with Crippen LogP contribution < -0.4 is 5.32 Å². The molecule has 11 heavy (non-hydrogen) atoms. The smallest absolute Gasteiger partial charge is 0.223 e. The van der Waals surface area contributed by atoms with Crippen LogP contribution in [0.5, 0.6) is 0 Å². The molecule has 0 aliphatic heterocycles. The molecule has 0 heterocycles. The van der Waals surface area contributed by atoms with Crippen LogP contribution in [0.3, 0.4) is 0 Å². The minimum Gasteiger partial charge on any atom is -0.356 e. The Labute approximate surface area is 67.7 Å². The van der Waals surface area contributed by atoms with Crippen molar-refractivity contribution in [3.63, 3.8) is 0 Å². The zero-order chi connectivity index (χ0) is 8.10. The highest BCUT2D eigenvalue weighted by Crippen LogP contribution is 2.17. The van der Waals surface area contributed by atoms with Crippen LogP contribution >= 0.6 is 0 Å². The molecule has 1 aliphatic rings. The van der Waals surface area contributed by atoms with E-state index in [9.17, 15) is 4.79 Å². The van der Waals surface area contributed by atoms with Gasteiger partial charge >= 0.3 is 0 Å². The molecule has 0 aromatic rings. The SMILES string of the molecule is CCNC(=O)C1CC=CCC1. The van der Waals surface area contributed by atoms with Crippen LogP contribution in [0.25, 0.3) is 0 Å². The number of amides is 1. The second-order valence-corrected chi connectivity index (χ2v) is 2.88. The van der Waals surface area contributed by atoms with E-state index in [1.807, 2.05) is 6.92 Å². The van der Waals surface area contributed by atoms with Gasteiger partial charge in [-0.3, -0.25) is 4.79 Å². The zero-order valence-corrected chi connectivity index (χ0v) is 6.97. The summed E-state index contributed by atoms with van der Waals surface area (Å²) in [5, 5.41) is 2.84. The van der Waals surface area contributed by atoms with Crippen LogP contribution in [-0.4, -0.2) is 12.5 Å². The van der Waals surface area contributed by atoms with Crippen LogP contribution in [0.1, 0.15) is 26.2 Å². The lowest BCUT2D eigenvalue weighted by molar-refractivity contribution is -0.125. The first kappa shape index (κ1) is 8.31. The van der Waals surface area contributed by atoms with Gasteiger partial charge in [-0.15, -0.1) is 0 Å². The molecule has 0 radical (unpaired) electrons. The lowest BCUT2D eigenvalue weighted by atomic mass is 9.94. The Bertz CT molecular complexity index is 163. The molecule has 1 atom stereocenters. The minimum atomic E-state index is 0.219. The van der Waals surface area contributed by atoms with Gasteiger partial charge in [0.2, 0.25) is 5.91 Å². The van der Waals surface area contributed by atoms with Crippen molar-refractivity contribution in [2.45, 2.75) is 26.2 Å². The predicted octanol–water partition coefficient (Wildman–Crippen LogP) is 1.48. The fourth-order valence-electron chi connectivity index (χ4n) is 1.35. The highest BCUT2D eigenvalue weighted by Gasteiger charge is 2.16. The fourth-order valence-corrected chi connectivity index (χ4v) is 1.35. The summed E-state index contributed by atoms with van der Waals surface area (Å²) in [5.74, 6) is 0.455. The molecule has 1 unspecified atom stereocenters. The maximum atomic E-state index is 11.3. The highest BCUT2D eigenvalue weighted by atomic mass is 16.1. The fraction of sp³-hybridized carbons (Fsp3) is 0.667. The molecule has 0 saturated carbocycles. The Hall–Kier alpha value is -0.790. The predicted molar refractivity (Wildman–Crippen MR) is 45.2 cm³/mol. The van der Waals surface area contributed by atoms with E-state index < -0.39 is 0 Å². The van der Waals surface area contributed by atoms with Crippen LogP contribution in [0.4, 0.5) is 0 Å². The lowest BCUT2D eigenvalue weighted by Gasteiger charge is -2.16. The summed E-state index contributed by atoms with van der Waals surface area (Å²) >= 11 is 0. The van der Waals surface area contributed by atoms with Gasteiger partial charge in [-0.05, 0) is 26.2 Å². The molecular formula is C9H15NO. The maximum Gasteiger partial charge on any atom is 0.223 e. The molecule has 2 heteroatoms. The van der Waals surface area contributed by atoms with Crippen LogP contribution in [0.15, 0.2) is 12.2 Å². The summed E-state index contributed by atoms with van der Waals surface area (Å²) in [5.41, 5.74) is 0. The largest absolute Gasteiger partial charge is 0.356 e. The van der Waals surface area contributed by atoms with E-state index in [1.165, 1.54) is 0 Å². The van der Waals surface area contributed by atoms with Crippen molar-refractivity contribution in [3.8, 4) is 0 Å². The molecule has 1 amide bonds. The van der Waals surface area contributed by atoms with Crippen molar-refractivity contribution in [1.29, 1.82) is 0 Å². The number of hydrogen-bond donors (Lipinski definition) is 1. The second kappa shape index (κ2) is 4.16. The van der Waals surface area contributed by atoms with E-state index in [4.69, 9.17) is 0 Å². The number of allylic oxidation sites excluding steroid dienone is 2. The lowest BCUT2D eigenvalue weighted by Crippen LogP contribution is -2.30. The van der Waals surface area contributed by atoms with Gasteiger partial charge in [-0.2, -0.15) is 0 Å². The summed E-state index contributed by atoms with van der Waals surface area (Å²) in [6.07, 6.45) is 7.25. The summed E-state index contributed by atoms with van der Waals surface area (Å²) < 4.78 is 0. The Morgan fingerprint density at radius 2 is 2.45 bits per heavy atom. The van der Waals surface area contributed by atoms with Gasteiger partial charge in [-0.25, -0.2) is 0 Å². The van der Waals surface area contributed by atoms with Gasteiger partial charge in [0.1, 0.15) is 0 Å². The van der Waals surface area contributed by atoms with Crippen LogP contribution in [0.2, 0.25) is 0 Å². The van der Waals surface area contributed by atoms with Gasteiger partial charge in [0.25, 0.3) is 0 Å². The molecule has 0 aromatic heterocycles. The Morgan fingerprint density at radius 1 is 1.64 bits per heavy atom. The molecule has 2 nitrogen and oxygen atoms in total. The van der Waals surface area contributed by atoms with Crippen molar-refractivity contribution in [2.24, 2.45) is 5.92 Å². The number of rotatable bonds is 2. The highest BCUT2D eigenvalue weighted by molar-refractivity contribution is 5.78. The molecule has 1 rings (SSSR count). The van der Waals surface area contributed by atoms with Crippen molar-refractivity contribution in [2.75, 3.05) is 6.54 Å². The molecule has 0 bridgehead atoms. The number of carbonyl (C=O) groups is 1. The first-order chi connectivity index (χ1) is 5.34. The summed E-state index contributed by atoms with van der Waals surface area (Å²) in [4.78, 5) is 11.3. The quantitative estimate of drug-likeness (QED) is 0.598. The molecule has 1 aliphatic carbocycles. The standard InChI is InChI=1S/C9H15NO/c1-2-10-9(11)8-6-4-3-5-7-8/h3-4,8H,2,5-7H2,1H3,(H,10,11). The number of nitrogens with one attached hydrogen (secondary N) is 1. The second-order valence-electron chi connectivity index (χ2n) is 2.88. The van der Waals surface area contributed by atoms with Crippen LogP contribution in [0, 0.1) is 5.92 Å². The van der Waals surface area contributed by atoms with E-state index in [0.29, 0.717) is 0 Å². The van der Waals surface area contributed by atoms with E-state index in [1.54, 1.807) is 0 Å². The average Bonchev–Trinajstić information content (AvgIpc) is 2.07. The third-order valence-electron chi connectivity index (χ3n) is 1.99. The summed E-state index contributed by atoms with van der Waals surface area (Å²) in [6.45, 7) is 2.70. The molecule has 0 saturated heterocycles. The van der Waals surface area contributed by atoms with Gasteiger partial charge in [0.05, 0.1) is 0 Å². The Balaban J connectivity index is 2.34. The molecular weight excluding hydrogens is 138 g/mol. The first-order valence-electron chi connectivity index (χ1n) is 4.27. The van der Waals surface area contributed by atoms with E-state index >= 15 is 0 Å². The first-order valence-corrected chi connectivity index (χ1v) is 4.27. The van der Waals surface area contributed by atoms with Crippen molar-refractivity contribution in [3.05, 3.63) is 12.2 Å². The monoisotopic (exact) mass is 153 g/mol. The Morgan fingerprint density at radius 3 is 3.00 bits per heavy atom. The molecule has 0 aromatic carbocycles. The molecule has 1 N–H and O–H groups in total. The summed E-state index contributed by atoms with van der Waals surface area (Å²) in [6, 6.07) is 0. The van der Waals surface area contributed by atoms with E-state index in [2.05, 4.69) is 17.5 Å². The molecule has 0 fully saturated rings. The van der Waals surface area contributed by atoms with E-state index in [-0.39, 0.29) is 11.8 Å². The average molecular weight is 153 g/mol. The normalized spacial score (nSPS) is 23.2. The number of hydrogen-bond acceptors (Lipinski definition) is 1. The minimum absolute atomic E-state index is 0.219. The van der Waals surface area contributed by atoms with E-state index in [0.717, 1.165) is 25.8 Å². The third-order valence-corrected chi connectivity index (χ3v) is 1.99. The number of carbonyl (C=O) groups excluding carboxylic acids is 1. The van der Waals surface area contributed by atoms with Crippen molar-refractivity contribution in [1.82, 2.24) is 5.32 Å². The maximum absolute atomic E-state index is 11.3. The van der Waals surface area contributed by atoms with Crippen LogP contribution in [-0.2, 0) is 4.79 Å². The zero-order valence-electron chi connectivity index (χ0n) is 6.97. The topological polar surface area (TPSA) is 29.1 Å². The van der Waals surface area contributed by atoms with Gasteiger partial charge in [0.15, 0.2) is 0 Å². The molecule has 0 spiro atoms. The summed E-state index contributed by atoms with van der Waals surface area (Å²) in [7, 11) is 0. The van der Waals surface area contributed by atoms with Crippen molar-refractivity contribution >= 4 is 5.91 Å². The third kappa shape index (κ3) is 2.37. The molecule has 62 valence electrons. The van der Waals surface area contributed by atoms with Gasteiger partial charge in [-0.1, -0.05) is 12.2 Å². The Kier molecular flexibility index (Phi) is 3.14.